The largest absolute Gasteiger partial charge is 0.496 e. The van der Waals surface area contributed by atoms with Crippen LogP contribution >= 0.6 is 27.3 Å². The Bertz CT molecular complexity index is 2150. The Morgan fingerprint density at radius 1 is 1.00 bits per heavy atom. The van der Waals surface area contributed by atoms with Crippen LogP contribution < -0.4 is 24.4 Å². The first-order chi connectivity index (χ1) is 22.3. The van der Waals surface area contributed by atoms with Gasteiger partial charge in [0.2, 0.25) is 0 Å². The molecule has 0 bridgehead atoms. The molecule has 1 atom stereocenters. The van der Waals surface area contributed by atoms with E-state index in [1.54, 1.807) is 16.6 Å². The van der Waals surface area contributed by atoms with Crippen LogP contribution in [-0.4, -0.2) is 35.6 Å². The van der Waals surface area contributed by atoms with Gasteiger partial charge in [-0.25, -0.2) is 4.99 Å². The van der Waals surface area contributed by atoms with Crippen LogP contribution in [0.5, 0.6) is 11.5 Å². The van der Waals surface area contributed by atoms with E-state index < -0.39 is 6.04 Å². The van der Waals surface area contributed by atoms with E-state index in [-0.39, 0.29) is 11.5 Å². The number of methoxy groups -OCH3 is 1. The quantitative estimate of drug-likeness (QED) is 0.174. The summed E-state index contributed by atoms with van der Waals surface area (Å²) in [5, 5.41) is 1.90. The fourth-order valence-electron chi connectivity index (χ4n) is 5.90. The molecule has 0 spiro atoms. The molecule has 2 heterocycles. The van der Waals surface area contributed by atoms with Crippen molar-refractivity contribution in [1.82, 2.24) is 9.47 Å². The fourth-order valence-corrected chi connectivity index (χ4v) is 7.45. The van der Waals surface area contributed by atoms with Gasteiger partial charge in [0.15, 0.2) is 4.80 Å². The number of fused-ring (bicyclic) bond motifs is 2. The zero-order valence-electron chi connectivity index (χ0n) is 26.1. The van der Waals surface area contributed by atoms with Gasteiger partial charge < -0.3 is 14.4 Å². The van der Waals surface area contributed by atoms with Gasteiger partial charge in [0, 0.05) is 18.7 Å². The lowest BCUT2D eigenvalue weighted by Crippen LogP contribution is -2.43. The van der Waals surface area contributed by atoms with Crippen LogP contribution in [0.1, 0.15) is 43.5 Å². The molecule has 0 unspecified atom stereocenters. The van der Waals surface area contributed by atoms with Crippen molar-refractivity contribution in [3.05, 3.63) is 137 Å². The molecule has 0 saturated carbocycles. The highest BCUT2D eigenvalue weighted by Gasteiger charge is 2.36. The highest BCUT2D eigenvalue weighted by molar-refractivity contribution is 9.10. The van der Waals surface area contributed by atoms with Crippen molar-refractivity contribution in [2.45, 2.75) is 33.4 Å². The third-order valence-corrected chi connectivity index (χ3v) is 9.82. The van der Waals surface area contributed by atoms with Gasteiger partial charge in [0.1, 0.15) is 24.1 Å². The Balaban J connectivity index is 1.49. The molecule has 0 fully saturated rings. The van der Waals surface area contributed by atoms with E-state index >= 15 is 0 Å². The zero-order valence-corrected chi connectivity index (χ0v) is 28.5. The lowest BCUT2D eigenvalue weighted by Gasteiger charge is -2.30. The van der Waals surface area contributed by atoms with Gasteiger partial charge in [-0.05, 0) is 82.9 Å². The van der Waals surface area contributed by atoms with Gasteiger partial charge in [0.25, 0.3) is 11.5 Å². The molecule has 234 valence electrons. The second-order valence-electron chi connectivity index (χ2n) is 10.9. The van der Waals surface area contributed by atoms with Crippen molar-refractivity contribution in [2.24, 2.45) is 4.99 Å². The summed E-state index contributed by atoms with van der Waals surface area (Å²) in [7, 11) is 1.62. The number of ether oxygens (including phenoxy) is 2. The van der Waals surface area contributed by atoms with Crippen LogP contribution in [-0.2, 0) is 11.4 Å². The molecule has 1 amide bonds. The molecule has 1 aliphatic rings. The number of benzene rings is 4. The number of hydrogen-bond donors (Lipinski definition) is 0. The summed E-state index contributed by atoms with van der Waals surface area (Å²) in [6, 6.07) is 26.9. The molecule has 7 nitrogen and oxygen atoms in total. The molecule has 5 aromatic rings. The smallest absolute Gasteiger partial charge is 0.271 e. The molecule has 0 saturated heterocycles. The lowest BCUT2D eigenvalue weighted by molar-refractivity contribution is -0.127. The topological polar surface area (TPSA) is 73.1 Å². The van der Waals surface area contributed by atoms with E-state index in [1.165, 1.54) is 11.3 Å². The zero-order chi connectivity index (χ0) is 32.4. The van der Waals surface area contributed by atoms with Crippen LogP contribution in [0, 0.1) is 0 Å². The summed E-state index contributed by atoms with van der Waals surface area (Å²) in [6.07, 6.45) is 1.86. The molecular formula is C37H34BrN3O4S. The van der Waals surface area contributed by atoms with Crippen LogP contribution in [0.4, 0.5) is 0 Å². The fraction of sp³-hybridized carbons (Fsp3) is 0.216. The first-order valence-electron chi connectivity index (χ1n) is 15.2. The third kappa shape index (κ3) is 5.92. The van der Waals surface area contributed by atoms with Crippen molar-refractivity contribution in [2.75, 3.05) is 20.2 Å². The van der Waals surface area contributed by atoms with E-state index in [0.717, 1.165) is 31.9 Å². The van der Waals surface area contributed by atoms with Crippen LogP contribution in [0.2, 0.25) is 0 Å². The predicted molar refractivity (Wildman–Crippen MR) is 187 cm³/mol. The van der Waals surface area contributed by atoms with Crippen molar-refractivity contribution in [3.8, 4) is 11.5 Å². The molecule has 1 aromatic heterocycles. The summed E-state index contributed by atoms with van der Waals surface area (Å²) in [5.74, 6) is 1.17. The number of amides is 1. The monoisotopic (exact) mass is 695 g/mol. The van der Waals surface area contributed by atoms with E-state index in [9.17, 15) is 9.59 Å². The number of carbonyl (C=O) groups excluding carboxylic acids is 1. The molecule has 1 aliphatic heterocycles. The molecule has 0 aliphatic carbocycles. The molecular weight excluding hydrogens is 662 g/mol. The number of halogens is 1. The van der Waals surface area contributed by atoms with Gasteiger partial charge in [-0.15, -0.1) is 0 Å². The summed E-state index contributed by atoms with van der Waals surface area (Å²) in [4.78, 5) is 35.7. The van der Waals surface area contributed by atoms with E-state index in [1.807, 2.05) is 112 Å². The van der Waals surface area contributed by atoms with E-state index in [2.05, 4.69) is 15.9 Å². The van der Waals surface area contributed by atoms with E-state index in [4.69, 9.17) is 14.5 Å². The Hall–Kier alpha value is -4.47. The van der Waals surface area contributed by atoms with Gasteiger partial charge in [-0.3, -0.25) is 14.2 Å². The number of hydrogen-bond acceptors (Lipinski definition) is 6. The minimum atomic E-state index is -0.729. The van der Waals surface area contributed by atoms with Crippen LogP contribution in [0.3, 0.4) is 0 Å². The Kier molecular flexibility index (Phi) is 9.24. The SMILES string of the molecule is CCN(CC)C(=O)C1=C(C)N=c2s/c(=C/c3ccc(OCc4ccccc4)c(Br)c3)c(=O)n2[C@H]1c1c(OC)ccc2ccccc12. The Morgan fingerprint density at radius 2 is 1.72 bits per heavy atom. The second kappa shape index (κ2) is 13.5. The van der Waals surface area contributed by atoms with E-state index in [0.29, 0.717) is 51.8 Å². The highest BCUT2D eigenvalue weighted by atomic mass is 79.9. The third-order valence-electron chi connectivity index (χ3n) is 8.22. The average Bonchev–Trinajstić information content (AvgIpc) is 3.37. The van der Waals surface area contributed by atoms with Crippen molar-refractivity contribution >= 4 is 50.0 Å². The summed E-state index contributed by atoms with van der Waals surface area (Å²) < 4.78 is 14.9. The van der Waals surface area contributed by atoms with Crippen LogP contribution in [0.15, 0.2) is 110 Å². The minimum Gasteiger partial charge on any atom is -0.496 e. The summed E-state index contributed by atoms with van der Waals surface area (Å²) >= 11 is 4.95. The number of nitrogens with zero attached hydrogens (tertiary/aromatic N) is 3. The second-order valence-corrected chi connectivity index (χ2v) is 12.8. The number of likely N-dealkylation sites (N-methyl/N-ethyl adjacent to an activating group) is 1. The van der Waals surface area contributed by atoms with Crippen molar-refractivity contribution < 1.29 is 14.3 Å². The molecule has 46 heavy (non-hydrogen) atoms. The van der Waals surface area contributed by atoms with Crippen molar-refractivity contribution in [1.29, 1.82) is 0 Å². The molecule has 9 heteroatoms. The standard InChI is InChI=1S/C37H34BrN3O4S/c1-5-40(6-2)36(43)32-23(3)39-37-41(34(32)33-27-15-11-10-14-26(27)17-19-30(33)44-4)35(42)31(46-37)21-25-16-18-29(28(38)20-25)45-22-24-12-8-7-9-13-24/h7-21,34H,5-6,22H2,1-4H3/b31-21+/t34-/m1/s1. The number of thiazole rings is 1. The van der Waals surface area contributed by atoms with Gasteiger partial charge >= 0.3 is 0 Å². The number of rotatable bonds is 9. The predicted octanol–water partition coefficient (Wildman–Crippen LogP) is 6.61. The first-order valence-corrected chi connectivity index (χ1v) is 16.8. The normalized spacial score (nSPS) is 14.6. The molecule has 6 rings (SSSR count). The summed E-state index contributed by atoms with van der Waals surface area (Å²) in [6.45, 7) is 7.28. The number of aromatic nitrogens is 1. The summed E-state index contributed by atoms with van der Waals surface area (Å²) in [5.41, 5.74) is 3.51. The molecule has 4 aromatic carbocycles. The van der Waals surface area contributed by atoms with Gasteiger partial charge in [-0.2, -0.15) is 0 Å². The lowest BCUT2D eigenvalue weighted by atomic mass is 9.90. The number of allylic oxidation sites excluding steroid dienone is 1. The van der Waals surface area contributed by atoms with Gasteiger partial charge in [0.05, 0.1) is 27.4 Å². The first kappa shape index (κ1) is 31.5. The maximum Gasteiger partial charge on any atom is 0.271 e. The maximum absolute atomic E-state index is 14.4. The maximum atomic E-state index is 14.4. The van der Waals surface area contributed by atoms with Crippen LogP contribution in [0.25, 0.3) is 16.8 Å². The molecule has 0 N–H and O–H groups in total. The minimum absolute atomic E-state index is 0.143. The number of carbonyl (C=O) groups is 1. The van der Waals surface area contributed by atoms with Crippen molar-refractivity contribution in [3.63, 3.8) is 0 Å². The Labute approximate surface area is 279 Å². The average molecular weight is 697 g/mol. The Morgan fingerprint density at radius 3 is 2.43 bits per heavy atom. The van der Waals surface area contributed by atoms with Gasteiger partial charge in [-0.1, -0.05) is 78.1 Å². The molecule has 0 radical (unpaired) electrons. The highest BCUT2D eigenvalue weighted by Crippen LogP contribution is 2.40.